The number of methoxy groups -OCH3 is 6. The zero-order valence-electron chi connectivity index (χ0n) is 25.3. The fourth-order valence-corrected chi connectivity index (χ4v) is 4.35. The summed E-state index contributed by atoms with van der Waals surface area (Å²) >= 11 is 0. The number of nitrogens with zero attached hydrogens (tertiary/aromatic N) is 2. The van der Waals surface area contributed by atoms with Crippen LogP contribution in [0.5, 0.6) is 34.5 Å². The molecule has 0 saturated carbocycles. The molecule has 0 radical (unpaired) electrons. The van der Waals surface area contributed by atoms with Crippen LogP contribution in [0.15, 0.2) is 48.6 Å². The van der Waals surface area contributed by atoms with Crippen molar-refractivity contribution in [3.05, 3.63) is 59.7 Å². The summed E-state index contributed by atoms with van der Waals surface area (Å²) < 4.78 is 32.0. The van der Waals surface area contributed by atoms with Gasteiger partial charge in [0.25, 0.3) is 0 Å². The van der Waals surface area contributed by atoms with Crippen molar-refractivity contribution in [3.63, 3.8) is 0 Å². The number of allylic oxidation sites excluding steroid dienone is 2. The first kappa shape index (κ1) is 32.3. The van der Waals surface area contributed by atoms with Crippen LogP contribution in [0.1, 0.15) is 17.5 Å². The van der Waals surface area contributed by atoms with Crippen LogP contribution in [-0.4, -0.2) is 90.5 Å². The number of carbonyl (C=O) groups is 2. The standard InChI is InChI=1S/C33H36N2O8/c1-38-26-20-24(21-27(39-2)32(26)42-5)12-7-9-14-30(36)34-16-11-17-35(19-18-34)31(37)15-10-8-13-25-22-28(40-3)33(43-6)29(23-25)41-4/h9-10,14-15,20-23H,11,16-19H2,1-6H3/b14-9+,15-10+. The minimum absolute atomic E-state index is 0.166. The molecule has 2 aromatic rings. The fraction of sp³-hybridized carbons (Fsp3) is 0.333. The highest BCUT2D eigenvalue weighted by molar-refractivity contribution is 5.89. The van der Waals surface area contributed by atoms with E-state index >= 15 is 0 Å². The highest BCUT2D eigenvalue weighted by Gasteiger charge is 2.19. The van der Waals surface area contributed by atoms with E-state index in [1.807, 2.05) is 0 Å². The number of amides is 2. The number of benzene rings is 2. The van der Waals surface area contributed by atoms with Crippen molar-refractivity contribution in [2.24, 2.45) is 0 Å². The summed E-state index contributed by atoms with van der Waals surface area (Å²) in [6.07, 6.45) is 6.54. The molecule has 0 unspecified atom stereocenters. The molecule has 0 bridgehead atoms. The number of ether oxygens (including phenoxy) is 6. The second-order valence-electron chi connectivity index (χ2n) is 9.04. The van der Waals surface area contributed by atoms with Crippen LogP contribution in [0.25, 0.3) is 0 Å². The van der Waals surface area contributed by atoms with Crippen molar-refractivity contribution in [1.82, 2.24) is 9.80 Å². The van der Waals surface area contributed by atoms with E-state index in [0.29, 0.717) is 78.2 Å². The van der Waals surface area contributed by atoms with E-state index < -0.39 is 0 Å². The van der Waals surface area contributed by atoms with E-state index in [1.165, 1.54) is 67.0 Å². The van der Waals surface area contributed by atoms with E-state index in [2.05, 4.69) is 23.7 Å². The van der Waals surface area contributed by atoms with Crippen LogP contribution >= 0.6 is 0 Å². The number of carbonyl (C=O) groups excluding carboxylic acids is 2. The molecule has 2 amide bonds. The molecule has 0 aromatic heterocycles. The Morgan fingerprint density at radius 3 is 1.23 bits per heavy atom. The highest BCUT2D eigenvalue weighted by Crippen LogP contribution is 2.38. The lowest BCUT2D eigenvalue weighted by molar-refractivity contribution is -0.128. The summed E-state index contributed by atoms with van der Waals surface area (Å²) in [6.45, 7) is 1.91. The van der Waals surface area contributed by atoms with Gasteiger partial charge in [0.2, 0.25) is 23.3 Å². The minimum atomic E-state index is -0.166. The maximum atomic E-state index is 12.8. The Morgan fingerprint density at radius 1 is 0.581 bits per heavy atom. The zero-order valence-corrected chi connectivity index (χ0v) is 25.3. The van der Waals surface area contributed by atoms with Crippen LogP contribution in [0.4, 0.5) is 0 Å². The summed E-state index contributed by atoms with van der Waals surface area (Å²) in [4.78, 5) is 28.9. The predicted octanol–water partition coefficient (Wildman–Crippen LogP) is 3.31. The Labute approximate surface area is 252 Å². The third-order valence-corrected chi connectivity index (χ3v) is 6.50. The maximum absolute atomic E-state index is 12.8. The smallest absolute Gasteiger partial charge is 0.247 e. The van der Waals surface area contributed by atoms with Crippen molar-refractivity contribution in [3.8, 4) is 58.2 Å². The molecule has 0 spiro atoms. The monoisotopic (exact) mass is 588 g/mol. The molecular weight excluding hydrogens is 552 g/mol. The number of hydrogen-bond donors (Lipinski definition) is 0. The van der Waals surface area contributed by atoms with Gasteiger partial charge in [-0.15, -0.1) is 0 Å². The van der Waals surface area contributed by atoms with E-state index in [1.54, 1.807) is 34.1 Å². The van der Waals surface area contributed by atoms with Crippen LogP contribution < -0.4 is 28.4 Å². The van der Waals surface area contributed by atoms with Crippen LogP contribution in [-0.2, 0) is 9.59 Å². The molecule has 0 atom stereocenters. The van der Waals surface area contributed by atoms with Crippen molar-refractivity contribution < 1.29 is 38.0 Å². The Morgan fingerprint density at radius 2 is 0.930 bits per heavy atom. The third-order valence-electron chi connectivity index (χ3n) is 6.50. The summed E-state index contributed by atoms with van der Waals surface area (Å²) in [5.41, 5.74) is 1.30. The van der Waals surface area contributed by atoms with Gasteiger partial charge in [0.15, 0.2) is 23.0 Å². The minimum Gasteiger partial charge on any atom is -0.493 e. The molecule has 1 aliphatic rings. The molecule has 1 fully saturated rings. The lowest BCUT2D eigenvalue weighted by Gasteiger charge is -2.20. The molecule has 10 heteroatoms. The molecule has 0 N–H and O–H groups in total. The molecule has 3 rings (SSSR count). The van der Waals surface area contributed by atoms with Gasteiger partial charge in [-0.05, 0) is 42.8 Å². The summed E-state index contributed by atoms with van der Waals surface area (Å²) in [5.74, 6) is 14.3. The first-order chi connectivity index (χ1) is 20.9. The third kappa shape index (κ3) is 8.64. The first-order valence-corrected chi connectivity index (χ1v) is 13.4. The van der Waals surface area contributed by atoms with Crippen molar-refractivity contribution in [1.29, 1.82) is 0 Å². The SMILES string of the molecule is COc1cc(C#C/C=C/C(=O)N2CCCN(C(=O)/C=C/C#Cc3cc(OC)c(OC)c(OC)c3)CC2)cc(OC)c1OC. The molecule has 226 valence electrons. The maximum Gasteiger partial charge on any atom is 0.247 e. The van der Waals surface area contributed by atoms with Crippen LogP contribution in [0.3, 0.4) is 0 Å². The number of hydrogen-bond acceptors (Lipinski definition) is 8. The summed E-state index contributed by atoms with van der Waals surface area (Å²) in [7, 11) is 9.20. The second-order valence-corrected chi connectivity index (χ2v) is 9.04. The molecule has 43 heavy (non-hydrogen) atoms. The van der Waals surface area contributed by atoms with E-state index in [4.69, 9.17) is 28.4 Å². The topological polar surface area (TPSA) is 96.0 Å². The molecule has 1 aliphatic heterocycles. The normalized spacial score (nSPS) is 12.9. The van der Waals surface area contributed by atoms with Gasteiger partial charge in [-0.25, -0.2) is 0 Å². The summed E-state index contributed by atoms with van der Waals surface area (Å²) in [6, 6.07) is 6.94. The summed E-state index contributed by atoms with van der Waals surface area (Å²) in [5, 5.41) is 0. The molecule has 2 aromatic carbocycles. The Kier molecular flexibility index (Phi) is 12.2. The van der Waals surface area contributed by atoms with Gasteiger partial charge < -0.3 is 38.2 Å². The van der Waals surface area contributed by atoms with Crippen molar-refractivity contribution >= 4 is 11.8 Å². The van der Waals surface area contributed by atoms with Gasteiger partial charge in [0, 0.05) is 49.5 Å². The molecular formula is C33H36N2O8. The Balaban J connectivity index is 1.57. The average Bonchev–Trinajstić information content (AvgIpc) is 3.30. The fourth-order valence-electron chi connectivity index (χ4n) is 4.35. The quantitative estimate of drug-likeness (QED) is 0.343. The first-order valence-electron chi connectivity index (χ1n) is 13.4. The van der Waals surface area contributed by atoms with Crippen molar-refractivity contribution in [2.45, 2.75) is 6.42 Å². The predicted molar refractivity (Wildman–Crippen MR) is 162 cm³/mol. The van der Waals surface area contributed by atoms with Crippen LogP contribution in [0.2, 0.25) is 0 Å². The van der Waals surface area contributed by atoms with Gasteiger partial charge in [0.1, 0.15) is 0 Å². The Hall–Kier alpha value is -5.22. The number of rotatable bonds is 8. The van der Waals surface area contributed by atoms with Gasteiger partial charge in [0.05, 0.1) is 42.7 Å². The van der Waals surface area contributed by atoms with E-state index in [-0.39, 0.29) is 11.8 Å². The molecule has 10 nitrogen and oxygen atoms in total. The van der Waals surface area contributed by atoms with E-state index in [0.717, 1.165) is 0 Å². The van der Waals surface area contributed by atoms with E-state index in [9.17, 15) is 9.59 Å². The van der Waals surface area contributed by atoms with Gasteiger partial charge >= 0.3 is 0 Å². The Bertz CT molecular complexity index is 1330. The lowest BCUT2D eigenvalue weighted by atomic mass is 10.2. The van der Waals surface area contributed by atoms with Crippen LogP contribution in [0, 0.1) is 23.7 Å². The van der Waals surface area contributed by atoms with Crippen molar-refractivity contribution in [2.75, 3.05) is 68.8 Å². The van der Waals surface area contributed by atoms with Gasteiger partial charge in [-0.2, -0.15) is 0 Å². The molecule has 1 saturated heterocycles. The van der Waals surface area contributed by atoms with Gasteiger partial charge in [-0.1, -0.05) is 23.7 Å². The van der Waals surface area contributed by atoms with Gasteiger partial charge in [-0.3, -0.25) is 9.59 Å². The molecule has 1 heterocycles. The average molecular weight is 589 g/mol. The lowest BCUT2D eigenvalue weighted by Crippen LogP contribution is -2.36. The zero-order chi connectivity index (χ0) is 31.2. The highest BCUT2D eigenvalue weighted by atomic mass is 16.5. The molecule has 0 aliphatic carbocycles. The largest absolute Gasteiger partial charge is 0.493 e. The second kappa shape index (κ2) is 16.3.